The monoisotopic (exact) mass is 1230 g/mol. The maximum atomic E-state index is 12.6. The van der Waals surface area contributed by atoms with Crippen molar-refractivity contribution in [3.8, 4) is 0 Å². The average molecular weight is 1230 g/mol. The SMILES string of the molecule is CC(C)(C)[Si](C)(C)O[C@@]12C=C[C@@H](O)[C@@H](C1)OC2=O.CC(C)(C)[Si](C)(C)O[C@@]12C=C[C@@H](OCc3ccc([N+](=O)[O-])cc3)[C@@H](C1)OC2=O.II.[I][V][I]. The van der Waals surface area contributed by atoms with Crippen molar-refractivity contribution >= 4 is 111 Å². The number of nitrogens with zero attached hydrogens (tertiary/aromatic N) is 1. The van der Waals surface area contributed by atoms with E-state index in [1.807, 2.05) is 6.08 Å². The van der Waals surface area contributed by atoms with E-state index >= 15 is 0 Å². The predicted molar refractivity (Wildman–Crippen MR) is 233 cm³/mol. The number of halogens is 4. The number of fused-ring (bicyclic) bond motifs is 4. The van der Waals surface area contributed by atoms with Crippen molar-refractivity contribution in [1.82, 2.24) is 0 Å². The number of ether oxygens (including phenoxy) is 3. The third-order valence-electron chi connectivity index (χ3n) is 10.2. The number of aliphatic hydroxyl groups is 1. The standard InChI is InChI=1S/C20H27NO6Si.C13H22O4Si.I2.2HI.V/c1-19(2,3)28(4,5)27-20-11-10-16(17(12-20)26-18(20)22)25-13-14-6-8-15(9-7-14)21(23)24;1-12(2,3)18(4,5)17-13-7-6-9(14)10(8-13)16-11(13)15;1-2;;;/h6-11,16-17H,12-13H2,1-5H3;6-7,9-10,14H,8H2,1-5H3;;2*1H;/q;;;;;+2/p-2/t16-,17-,20+;9-,10-,13+;;;;/m11..../s1. The van der Waals surface area contributed by atoms with Crippen molar-refractivity contribution in [2.45, 2.75) is 133 Å². The predicted octanol–water partition coefficient (Wildman–Crippen LogP) is 9.66. The molecule has 0 saturated carbocycles. The number of benzene rings is 1. The first kappa shape index (κ1) is 48.0. The summed E-state index contributed by atoms with van der Waals surface area (Å²) in [6.45, 7) is 21.5. The van der Waals surface area contributed by atoms with Crippen LogP contribution < -0.4 is 0 Å². The zero-order valence-electron chi connectivity index (χ0n) is 30.6. The van der Waals surface area contributed by atoms with Crippen LogP contribution >= 0.6 is 77.2 Å². The molecule has 18 heteroatoms. The van der Waals surface area contributed by atoms with Gasteiger partial charge in [0.2, 0.25) is 0 Å². The number of hydrogen-bond donors (Lipinski definition) is 1. The fraction of sp³-hybridized carbons (Fsp3) is 0.636. The van der Waals surface area contributed by atoms with Crippen molar-refractivity contribution < 1.29 is 52.1 Å². The molecule has 5 rings (SSSR count). The zero-order chi connectivity index (χ0) is 39.2. The van der Waals surface area contributed by atoms with Gasteiger partial charge in [-0.25, -0.2) is 9.59 Å². The van der Waals surface area contributed by atoms with Gasteiger partial charge in [0.05, 0.1) is 11.5 Å². The van der Waals surface area contributed by atoms with Crippen molar-refractivity contribution in [3.05, 3.63) is 64.2 Å². The Kier molecular flexibility index (Phi) is 18.2. The van der Waals surface area contributed by atoms with Crippen LogP contribution in [-0.4, -0.2) is 74.2 Å². The Morgan fingerprint density at radius 2 is 1.27 bits per heavy atom. The summed E-state index contributed by atoms with van der Waals surface area (Å²) in [5, 5.41) is 20.4. The van der Waals surface area contributed by atoms with Gasteiger partial charge >= 0.3 is 61.4 Å². The second kappa shape index (κ2) is 19.3. The summed E-state index contributed by atoms with van der Waals surface area (Å²) in [4.78, 5) is 34.9. The fourth-order valence-corrected chi connectivity index (χ4v) is 8.14. The number of carbonyl (C=O) groups is 2. The quantitative estimate of drug-likeness (QED) is 0.0668. The Morgan fingerprint density at radius 1 is 0.863 bits per heavy atom. The topological polar surface area (TPSA) is 144 Å². The molecule has 287 valence electrons. The number of carbonyl (C=O) groups excluding carboxylic acids is 2. The van der Waals surface area contributed by atoms with Crippen LogP contribution in [0.15, 0.2) is 48.6 Å². The van der Waals surface area contributed by atoms with Crippen LogP contribution in [0.25, 0.3) is 0 Å². The Morgan fingerprint density at radius 3 is 1.71 bits per heavy atom. The van der Waals surface area contributed by atoms with Crippen LogP contribution in [0.4, 0.5) is 5.69 Å². The first-order chi connectivity index (χ1) is 23.4. The molecule has 0 amide bonds. The molecule has 2 fully saturated rings. The molecule has 1 N–H and O–H groups in total. The van der Waals surface area contributed by atoms with Crippen LogP contribution in [-0.2, 0) is 48.7 Å². The van der Waals surface area contributed by atoms with Gasteiger partial charge in [-0.1, -0.05) is 53.7 Å². The van der Waals surface area contributed by atoms with Gasteiger partial charge in [-0.15, -0.1) is 0 Å². The summed E-state index contributed by atoms with van der Waals surface area (Å²) in [5.74, 6) is -0.704. The second-order valence-corrected chi connectivity index (χ2v) is 37.0. The van der Waals surface area contributed by atoms with Gasteiger partial charge in [0.1, 0.15) is 24.4 Å². The summed E-state index contributed by atoms with van der Waals surface area (Å²) >= 11 is 8.98. The fourth-order valence-electron chi connectivity index (χ4n) is 5.24. The van der Waals surface area contributed by atoms with Crippen LogP contribution in [0.3, 0.4) is 0 Å². The minimum absolute atomic E-state index is 0.0166. The van der Waals surface area contributed by atoms with Gasteiger partial charge in [-0.05, 0) is 66.1 Å². The van der Waals surface area contributed by atoms with Crippen LogP contribution in [0.1, 0.15) is 59.9 Å². The van der Waals surface area contributed by atoms with E-state index in [1.165, 1.54) is 12.1 Å². The van der Waals surface area contributed by atoms with Gasteiger partial charge in [0, 0.05) is 62.2 Å². The number of nitro groups is 1. The summed E-state index contributed by atoms with van der Waals surface area (Å²) in [7, 11) is -3.59. The Hall–Kier alpha value is 0.818. The van der Waals surface area contributed by atoms with E-state index in [9.17, 15) is 24.8 Å². The Balaban J connectivity index is 0.000000337. The van der Waals surface area contributed by atoms with Crippen molar-refractivity contribution in [3.63, 3.8) is 0 Å². The van der Waals surface area contributed by atoms with E-state index < -0.39 is 45.0 Å². The zero-order valence-corrected chi connectivity index (χ0v) is 42.6. The third-order valence-corrected chi connectivity index (χ3v) is 19.1. The molecule has 11 nitrogen and oxygen atoms in total. The molecule has 0 aromatic heterocycles. The van der Waals surface area contributed by atoms with E-state index in [1.54, 1.807) is 30.4 Å². The molecular weight excluding hydrogens is 1190 g/mol. The molecule has 51 heavy (non-hydrogen) atoms. The van der Waals surface area contributed by atoms with Gasteiger partial charge in [0.15, 0.2) is 27.8 Å². The van der Waals surface area contributed by atoms with Crippen LogP contribution in [0.5, 0.6) is 0 Å². The van der Waals surface area contributed by atoms with Gasteiger partial charge < -0.3 is 28.2 Å². The number of esters is 2. The number of aliphatic hydroxyl groups excluding tert-OH is 1. The van der Waals surface area contributed by atoms with E-state index in [4.69, 9.17) is 23.1 Å². The molecule has 0 unspecified atom stereocenters. The van der Waals surface area contributed by atoms with E-state index in [0.717, 1.165) is 5.56 Å². The molecule has 1 aromatic rings. The van der Waals surface area contributed by atoms with E-state index in [-0.39, 0.29) is 46.5 Å². The van der Waals surface area contributed by atoms with Crippen LogP contribution in [0.2, 0.25) is 36.3 Å². The molecule has 1 aromatic carbocycles. The Bertz CT molecular complexity index is 1440. The second-order valence-electron chi connectivity index (χ2n) is 15.8. The number of hydrogen-bond acceptors (Lipinski definition) is 10. The van der Waals surface area contributed by atoms with E-state index in [0.29, 0.717) is 22.3 Å². The van der Waals surface area contributed by atoms with Gasteiger partial charge in [0.25, 0.3) is 5.69 Å². The number of non-ortho nitro benzene ring substituents is 1. The normalized spacial score (nSPS) is 27.8. The molecule has 0 radical (unpaired) electrons. The molecule has 4 bridgehead atoms. The van der Waals surface area contributed by atoms with Crippen molar-refractivity contribution in [2.24, 2.45) is 0 Å². The molecule has 2 aliphatic heterocycles. The summed E-state index contributed by atoms with van der Waals surface area (Å²) in [6, 6.07) is 6.22. The first-order valence-corrected chi connectivity index (χ1v) is 37.3. The van der Waals surface area contributed by atoms with Crippen molar-refractivity contribution in [1.29, 1.82) is 0 Å². The third kappa shape index (κ3) is 12.2. The maximum absolute atomic E-state index is 12.6. The molecule has 6 atom stereocenters. The minimum atomic E-state index is -2.16. The number of rotatable bonds is 8. The number of nitro benzene ring substituents is 1. The molecule has 2 aliphatic carbocycles. The molecule has 2 heterocycles. The summed E-state index contributed by atoms with van der Waals surface area (Å²) < 4.78 is 29.4. The van der Waals surface area contributed by atoms with Crippen LogP contribution in [0, 0.1) is 10.1 Å². The molecule has 4 aliphatic rings. The van der Waals surface area contributed by atoms with Crippen molar-refractivity contribution in [2.75, 3.05) is 0 Å². The molecular formula is C33H49I4NO10Si2V. The molecule has 0 spiro atoms. The average Bonchev–Trinajstić information content (AvgIpc) is 3.43. The summed E-state index contributed by atoms with van der Waals surface area (Å²) in [6.07, 6.45) is 5.90. The van der Waals surface area contributed by atoms with Gasteiger partial charge in [-0.3, -0.25) is 10.1 Å². The van der Waals surface area contributed by atoms with Gasteiger partial charge in [-0.2, -0.15) is 0 Å². The first-order valence-electron chi connectivity index (χ1n) is 16.2. The summed E-state index contributed by atoms with van der Waals surface area (Å²) in [5.41, 5.74) is -1.12. The molecule has 2 saturated heterocycles. The Labute approximate surface area is 356 Å². The van der Waals surface area contributed by atoms with E-state index in [2.05, 4.69) is 145 Å².